The third-order valence-corrected chi connectivity index (χ3v) is 4.52. The molecule has 2 N–H and O–H groups in total. The highest BCUT2D eigenvalue weighted by molar-refractivity contribution is 5.97. The highest BCUT2D eigenvalue weighted by atomic mass is 19.1. The Morgan fingerprint density at radius 1 is 0.933 bits per heavy atom. The van der Waals surface area contributed by atoms with Crippen LogP contribution in [0.25, 0.3) is 0 Å². The first kappa shape index (κ1) is 23.1. The first-order chi connectivity index (χ1) is 14.2. The molecule has 160 valence electrons. The maximum absolute atomic E-state index is 13.0. The Hall–Kier alpha value is -3.22. The van der Waals surface area contributed by atoms with Crippen molar-refractivity contribution in [2.75, 3.05) is 11.9 Å². The Kier molecular flexibility index (Phi) is 8.09. The molecule has 2 aromatic rings. The van der Waals surface area contributed by atoms with Crippen molar-refractivity contribution in [3.05, 3.63) is 65.5 Å². The lowest BCUT2D eigenvalue weighted by Gasteiger charge is -2.20. The fourth-order valence-electron chi connectivity index (χ4n) is 2.70. The number of esters is 1. The maximum Gasteiger partial charge on any atom is 0.329 e. The van der Waals surface area contributed by atoms with E-state index in [0.717, 1.165) is 17.7 Å². The summed E-state index contributed by atoms with van der Waals surface area (Å²) in [5, 5.41) is 5.24. The maximum atomic E-state index is 13.0. The highest BCUT2D eigenvalue weighted by Crippen LogP contribution is 2.17. The Balaban J connectivity index is 1.90. The quantitative estimate of drug-likeness (QED) is 0.642. The monoisotopic (exact) mass is 414 g/mol. The zero-order valence-corrected chi connectivity index (χ0v) is 17.6. The van der Waals surface area contributed by atoms with E-state index in [2.05, 4.69) is 24.5 Å². The molecule has 1 atom stereocenters. The number of rotatable bonds is 8. The molecule has 7 heteroatoms. The average Bonchev–Trinajstić information content (AvgIpc) is 2.70. The summed E-state index contributed by atoms with van der Waals surface area (Å²) in [6.07, 6.45) is 0. The standard InChI is InChI=1S/C23H27FN2O4/c1-14(2)16-7-11-19(12-8-16)25-20(27)13-30-23(29)21(15(3)4)26-22(28)17-5-9-18(24)10-6-17/h5-12,14-15,21H,13H2,1-4H3,(H,25,27)(H,26,28)/t21-/m0/s1. The van der Waals surface area contributed by atoms with Crippen molar-refractivity contribution >= 4 is 23.5 Å². The van der Waals surface area contributed by atoms with Gasteiger partial charge in [-0.1, -0.05) is 39.8 Å². The molecule has 2 amide bonds. The Morgan fingerprint density at radius 3 is 2.07 bits per heavy atom. The van der Waals surface area contributed by atoms with Crippen LogP contribution < -0.4 is 10.6 Å². The summed E-state index contributed by atoms with van der Waals surface area (Å²) < 4.78 is 18.1. The summed E-state index contributed by atoms with van der Waals surface area (Å²) >= 11 is 0. The van der Waals surface area contributed by atoms with E-state index in [1.165, 1.54) is 12.1 Å². The van der Waals surface area contributed by atoms with Gasteiger partial charge in [0.1, 0.15) is 11.9 Å². The van der Waals surface area contributed by atoms with E-state index < -0.39 is 36.2 Å². The second kappa shape index (κ2) is 10.5. The van der Waals surface area contributed by atoms with Crippen LogP contribution in [0.3, 0.4) is 0 Å². The molecule has 6 nitrogen and oxygen atoms in total. The van der Waals surface area contributed by atoms with Crippen molar-refractivity contribution in [2.24, 2.45) is 5.92 Å². The van der Waals surface area contributed by atoms with Gasteiger partial charge in [0.25, 0.3) is 11.8 Å². The number of carbonyl (C=O) groups excluding carboxylic acids is 3. The molecular formula is C23H27FN2O4. The van der Waals surface area contributed by atoms with E-state index in [4.69, 9.17) is 4.74 Å². The van der Waals surface area contributed by atoms with Crippen molar-refractivity contribution in [1.82, 2.24) is 5.32 Å². The first-order valence-corrected chi connectivity index (χ1v) is 9.80. The zero-order valence-electron chi connectivity index (χ0n) is 17.6. The largest absolute Gasteiger partial charge is 0.454 e. The van der Waals surface area contributed by atoms with E-state index in [1.54, 1.807) is 26.0 Å². The number of benzene rings is 2. The fraction of sp³-hybridized carbons (Fsp3) is 0.348. The predicted molar refractivity (Wildman–Crippen MR) is 113 cm³/mol. The van der Waals surface area contributed by atoms with Crippen LogP contribution in [0, 0.1) is 11.7 Å². The summed E-state index contributed by atoms with van der Waals surface area (Å²) in [6.45, 7) is 7.17. The molecule has 0 fully saturated rings. The number of halogens is 1. The van der Waals surface area contributed by atoms with Crippen LogP contribution in [0.1, 0.15) is 49.5 Å². The van der Waals surface area contributed by atoms with E-state index in [-0.39, 0.29) is 11.5 Å². The van der Waals surface area contributed by atoms with Gasteiger partial charge in [0.2, 0.25) is 0 Å². The van der Waals surface area contributed by atoms with Gasteiger partial charge in [-0.15, -0.1) is 0 Å². The van der Waals surface area contributed by atoms with Crippen molar-refractivity contribution in [3.63, 3.8) is 0 Å². The van der Waals surface area contributed by atoms with Gasteiger partial charge in [-0.2, -0.15) is 0 Å². The molecule has 0 unspecified atom stereocenters. The van der Waals surface area contributed by atoms with Crippen LogP contribution in [-0.4, -0.2) is 30.4 Å². The minimum Gasteiger partial charge on any atom is -0.454 e. The smallest absolute Gasteiger partial charge is 0.329 e. The van der Waals surface area contributed by atoms with Crippen molar-refractivity contribution in [2.45, 2.75) is 39.7 Å². The predicted octanol–water partition coefficient (Wildman–Crippen LogP) is 3.89. The molecule has 0 spiro atoms. The van der Waals surface area contributed by atoms with Gasteiger partial charge in [-0.3, -0.25) is 9.59 Å². The number of ether oxygens (including phenoxy) is 1. The number of hydrogen-bond donors (Lipinski definition) is 2. The molecule has 2 rings (SSSR count). The van der Waals surface area contributed by atoms with Gasteiger partial charge in [0, 0.05) is 11.3 Å². The average molecular weight is 414 g/mol. The van der Waals surface area contributed by atoms with Gasteiger partial charge >= 0.3 is 5.97 Å². The first-order valence-electron chi connectivity index (χ1n) is 9.80. The molecule has 0 saturated carbocycles. The second-order valence-electron chi connectivity index (χ2n) is 7.63. The van der Waals surface area contributed by atoms with E-state index in [1.807, 2.05) is 12.1 Å². The lowest BCUT2D eigenvalue weighted by molar-refractivity contribution is -0.150. The summed E-state index contributed by atoms with van der Waals surface area (Å²) in [5.74, 6) is -2.07. The molecule has 0 aromatic heterocycles. The minimum atomic E-state index is -0.944. The molecule has 0 saturated heterocycles. The minimum absolute atomic E-state index is 0.220. The van der Waals surface area contributed by atoms with Crippen molar-refractivity contribution in [1.29, 1.82) is 0 Å². The SMILES string of the molecule is CC(C)c1ccc(NC(=O)COC(=O)[C@@H](NC(=O)c2ccc(F)cc2)C(C)C)cc1. The number of anilines is 1. The van der Waals surface area contributed by atoms with E-state index in [0.29, 0.717) is 11.6 Å². The molecule has 0 radical (unpaired) electrons. The van der Waals surface area contributed by atoms with Crippen LogP contribution in [0.15, 0.2) is 48.5 Å². The highest BCUT2D eigenvalue weighted by Gasteiger charge is 2.26. The van der Waals surface area contributed by atoms with Gasteiger partial charge < -0.3 is 15.4 Å². The summed E-state index contributed by atoms with van der Waals surface area (Å²) in [7, 11) is 0. The normalized spacial score (nSPS) is 11.8. The number of carbonyl (C=O) groups is 3. The van der Waals surface area contributed by atoms with Crippen LogP contribution in [0.4, 0.5) is 10.1 Å². The summed E-state index contributed by atoms with van der Waals surface area (Å²) in [4.78, 5) is 36.8. The lowest BCUT2D eigenvalue weighted by Crippen LogP contribution is -2.45. The Bertz CT molecular complexity index is 877. The Labute approximate surface area is 175 Å². The van der Waals surface area contributed by atoms with Crippen LogP contribution >= 0.6 is 0 Å². The molecule has 30 heavy (non-hydrogen) atoms. The third-order valence-electron chi connectivity index (χ3n) is 4.52. The lowest BCUT2D eigenvalue weighted by atomic mass is 10.0. The molecule has 0 aliphatic rings. The van der Waals surface area contributed by atoms with Crippen LogP contribution in [-0.2, 0) is 14.3 Å². The summed E-state index contributed by atoms with van der Waals surface area (Å²) in [5.41, 5.74) is 1.97. The van der Waals surface area contributed by atoms with Crippen LogP contribution in [0.5, 0.6) is 0 Å². The fourth-order valence-corrected chi connectivity index (χ4v) is 2.70. The molecular weight excluding hydrogens is 387 g/mol. The van der Waals surface area contributed by atoms with Gasteiger partial charge in [0.05, 0.1) is 0 Å². The van der Waals surface area contributed by atoms with Gasteiger partial charge in [0.15, 0.2) is 6.61 Å². The molecule has 0 aliphatic carbocycles. The number of nitrogens with one attached hydrogen (secondary N) is 2. The molecule has 0 aliphatic heterocycles. The third kappa shape index (κ3) is 6.69. The number of amides is 2. The second-order valence-corrected chi connectivity index (χ2v) is 7.63. The van der Waals surface area contributed by atoms with Gasteiger partial charge in [-0.25, -0.2) is 9.18 Å². The van der Waals surface area contributed by atoms with Crippen molar-refractivity contribution < 1.29 is 23.5 Å². The Morgan fingerprint density at radius 2 is 1.53 bits per heavy atom. The van der Waals surface area contributed by atoms with E-state index in [9.17, 15) is 18.8 Å². The van der Waals surface area contributed by atoms with Crippen molar-refractivity contribution in [3.8, 4) is 0 Å². The summed E-state index contributed by atoms with van der Waals surface area (Å²) in [6, 6.07) is 11.4. The van der Waals surface area contributed by atoms with Crippen LogP contribution in [0.2, 0.25) is 0 Å². The molecule has 2 aromatic carbocycles. The molecule has 0 heterocycles. The van der Waals surface area contributed by atoms with Gasteiger partial charge in [-0.05, 0) is 53.8 Å². The van der Waals surface area contributed by atoms with E-state index >= 15 is 0 Å². The topological polar surface area (TPSA) is 84.5 Å². The molecule has 0 bridgehead atoms. The number of hydrogen-bond acceptors (Lipinski definition) is 4. The zero-order chi connectivity index (χ0) is 22.3.